The summed E-state index contributed by atoms with van der Waals surface area (Å²) < 4.78 is 0. The molecule has 0 aliphatic carbocycles. The number of aryl methyl sites for hydroxylation is 1. The summed E-state index contributed by atoms with van der Waals surface area (Å²) in [5.74, 6) is 1.02. The first kappa shape index (κ1) is 13.5. The maximum atomic E-state index is 5.87. The number of aromatic nitrogens is 1. The lowest BCUT2D eigenvalue weighted by Gasteiger charge is -2.17. The van der Waals surface area contributed by atoms with Crippen LogP contribution in [0, 0.1) is 6.92 Å². The number of fused-ring (bicyclic) bond motifs is 1. The lowest BCUT2D eigenvalue weighted by atomic mass is 10.1. The predicted molar refractivity (Wildman–Crippen MR) is 85.9 cm³/mol. The van der Waals surface area contributed by atoms with Gasteiger partial charge in [-0.2, -0.15) is 5.10 Å². The summed E-state index contributed by atoms with van der Waals surface area (Å²) in [5.41, 5.74) is 7.26. The molecule has 3 nitrogen and oxygen atoms in total. The number of nitrogens with one attached hydrogen (secondary N) is 1. The molecule has 1 aromatic heterocycles. The van der Waals surface area contributed by atoms with Gasteiger partial charge < -0.3 is 0 Å². The topological polar surface area (TPSA) is 37.3 Å². The smallest absolute Gasteiger partial charge is 0.105 e. The van der Waals surface area contributed by atoms with Crippen LogP contribution >= 0.6 is 23.4 Å². The van der Waals surface area contributed by atoms with Crippen LogP contribution in [0.3, 0.4) is 0 Å². The standard InChI is InChI=1S/C15H14ClN3S/c1-10-2-7-13-14(8-9-20-15(13)17-10)19-18-12-5-3-11(16)4-6-12/h2-7,18H,8-9H2,1H3/b19-14+. The van der Waals surface area contributed by atoms with Crippen molar-refractivity contribution in [1.82, 2.24) is 4.98 Å². The van der Waals surface area contributed by atoms with Gasteiger partial charge in [0.05, 0.1) is 11.4 Å². The lowest BCUT2D eigenvalue weighted by Crippen LogP contribution is -2.13. The van der Waals surface area contributed by atoms with Gasteiger partial charge in [-0.05, 0) is 43.3 Å². The minimum Gasteiger partial charge on any atom is -0.278 e. The molecule has 102 valence electrons. The van der Waals surface area contributed by atoms with Crippen molar-refractivity contribution in [2.24, 2.45) is 5.10 Å². The van der Waals surface area contributed by atoms with Gasteiger partial charge in [0, 0.05) is 28.5 Å². The van der Waals surface area contributed by atoms with Crippen LogP contribution in [-0.2, 0) is 0 Å². The zero-order valence-corrected chi connectivity index (χ0v) is 12.6. The van der Waals surface area contributed by atoms with E-state index in [1.54, 1.807) is 11.8 Å². The Hall–Kier alpha value is -1.52. The summed E-state index contributed by atoms with van der Waals surface area (Å²) in [6, 6.07) is 11.7. The van der Waals surface area contributed by atoms with E-state index in [1.165, 1.54) is 0 Å². The van der Waals surface area contributed by atoms with E-state index >= 15 is 0 Å². The molecule has 20 heavy (non-hydrogen) atoms. The van der Waals surface area contributed by atoms with Crippen molar-refractivity contribution in [3.05, 3.63) is 52.7 Å². The van der Waals surface area contributed by atoms with Gasteiger partial charge in [-0.3, -0.25) is 5.43 Å². The van der Waals surface area contributed by atoms with Crippen LogP contribution in [0.2, 0.25) is 5.02 Å². The van der Waals surface area contributed by atoms with Gasteiger partial charge >= 0.3 is 0 Å². The third-order valence-electron chi connectivity index (χ3n) is 3.05. The molecule has 0 saturated heterocycles. The molecule has 1 aliphatic rings. The highest BCUT2D eigenvalue weighted by atomic mass is 35.5. The van der Waals surface area contributed by atoms with Crippen molar-refractivity contribution in [3.63, 3.8) is 0 Å². The van der Waals surface area contributed by atoms with Crippen molar-refractivity contribution >= 4 is 34.8 Å². The van der Waals surface area contributed by atoms with Crippen molar-refractivity contribution in [3.8, 4) is 0 Å². The molecule has 0 fully saturated rings. The van der Waals surface area contributed by atoms with Gasteiger partial charge in [-0.15, -0.1) is 11.8 Å². The van der Waals surface area contributed by atoms with Crippen molar-refractivity contribution in [2.75, 3.05) is 11.2 Å². The first-order valence-corrected chi connectivity index (χ1v) is 7.78. The highest BCUT2D eigenvalue weighted by Gasteiger charge is 2.17. The summed E-state index contributed by atoms with van der Waals surface area (Å²) in [5, 5.41) is 6.33. The number of benzene rings is 1. The summed E-state index contributed by atoms with van der Waals surface area (Å²) in [7, 11) is 0. The minimum atomic E-state index is 0.724. The van der Waals surface area contributed by atoms with Gasteiger partial charge in [0.1, 0.15) is 5.03 Å². The first-order valence-electron chi connectivity index (χ1n) is 6.41. The van der Waals surface area contributed by atoms with Crippen LogP contribution < -0.4 is 5.43 Å². The van der Waals surface area contributed by atoms with Crippen LogP contribution in [0.4, 0.5) is 5.69 Å². The molecule has 0 radical (unpaired) electrons. The van der Waals surface area contributed by atoms with Crippen LogP contribution in [0.5, 0.6) is 0 Å². The average Bonchev–Trinajstić information content (AvgIpc) is 2.46. The zero-order valence-electron chi connectivity index (χ0n) is 11.1. The zero-order chi connectivity index (χ0) is 13.9. The van der Waals surface area contributed by atoms with E-state index in [0.29, 0.717) is 0 Å². The molecule has 1 aliphatic heterocycles. The number of hydrogen-bond acceptors (Lipinski definition) is 4. The van der Waals surface area contributed by atoms with Gasteiger partial charge in [0.15, 0.2) is 0 Å². The number of hydrogen-bond donors (Lipinski definition) is 1. The Morgan fingerprint density at radius 3 is 2.80 bits per heavy atom. The Bertz CT molecular complexity index is 653. The molecule has 1 aromatic carbocycles. The van der Waals surface area contributed by atoms with Crippen molar-refractivity contribution in [1.29, 1.82) is 0 Å². The summed E-state index contributed by atoms with van der Waals surface area (Å²) in [6.45, 7) is 2.01. The maximum absolute atomic E-state index is 5.87. The van der Waals surface area contributed by atoms with Gasteiger partial charge in [0.25, 0.3) is 0 Å². The molecule has 1 N–H and O–H groups in total. The molecule has 3 rings (SSSR count). The van der Waals surface area contributed by atoms with Gasteiger partial charge in [0.2, 0.25) is 0 Å². The van der Waals surface area contributed by atoms with Gasteiger partial charge in [-0.25, -0.2) is 4.98 Å². The second-order valence-electron chi connectivity index (χ2n) is 4.58. The fourth-order valence-corrected chi connectivity index (χ4v) is 3.18. The predicted octanol–water partition coefficient (Wildman–Crippen LogP) is 4.36. The summed E-state index contributed by atoms with van der Waals surface area (Å²) >= 11 is 7.66. The highest BCUT2D eigenvalue weighted by Crippen LogP contribution is 2.28. The van der Waals surface area contributed by atoms with Crippen LogP contribution in [0.15, 0.2) is 46.5 Å². The summed E-state index contributed by atoms with van der Waals surface area (Å²) in [4.78, 5) is 4.57. The Balaban J connectivity index is 1.84. The van der Waals surface area contributed by atoms with E-state index < -0.39 is 0 Å². The monoisotopic (exact) mass is 303 g/mol. The number of rotatable bonds is 2. The van der Waals surface area contributed by atoms with Crippen molar-refractivity contribution < 1.29 is 0 Å². The molecular weight excluding hydrogens is 290 g/mol. The van der Waals surface area contributed by atoms with E-state index in [2.05, 4.69) is 21.6 Å². The lowest BCUT2D eigenvalue weighted by molar-refractivity contribution is 1.03. The van der Waals surface area contributed by atoms with E-state index in [4.69, 9.17) is 11.6 Å². The number of anilines is 1. The molecular formula is C15H14ClN3S. The number of hydrazone groups is 1. The molecule has 2 heterocycles. The molecule has 2 aromatic rings. The molecule has 0 amide bonds. The van der Waals surface area contributed by atoms with Gasteiger partial charge in [-0.1, -0.05) is 11.6 Å². The molecule has 0 unspecified atom stereocenters. The first-order chi connectivity index (χ1) is 9.72. The Morgan fingerprint density at radius 2 is 2.00 bits per heavy atom. The van der Waals surface area contributed by atoms with Crippen LogP contribution in [0.25, 0.3) is 0 Å². The Kier molecular flexibility index (Phi) is 3.94. The highest BCUT2D eigenvalue weighted by molar-refractivity contribution is 7.99. The molecule has 0 saturated carbocycles. The minimum absolute atomic E-state index is 0.724. The van der Waals surface area contributed by atoms with E-state index in [0.717, 1.165) is 44.9 Å². The largest absolute Gasteiger partial charge is 0.278 e. The average molecular weight is 304 g/mol. The molecule has 0 bridgehead atoms. The fourth-order valence-electron chi connectivity index (χ4n) is 2.01. The number of halogens is 1. The second kappa shape index (κ2) is 5.85. The molecule has 0 spiro atoms. The SMILES string of the molecule is Cc1ccc2c(n1)SCC/C2=N\Nc1ccc(Cl)cc1. The Morgan fingerprint density at radius 1 is 1.20 bits per heavy atom. The second-order valence-corrected chi connectivity index (χ2v) is 6.10. The van der Waals surface area contributed by atoms with Crippen LogP contribution in [0.1, 0.15) is 17.7 Å². The molecule has 5 heteroatoms. The Labute approximate surface area is 127 Å². The summed E-state index contributed by atoms with van der Waals surface area (Å²) in [6.07, 6.45) is 0.947. The van der Waals surface area contributed by atoms with E-state index in [9.17, 15) is 0 Å². The molecule has 0 atom stereocenters. The number of nitrogens with zero attached hydrogens (tertiary/aromatic N) is 2. The fraction of sp³-hybridized carbons (Fsp3) is 0.200. The number of pyridine rings is 1. The third-order valence-corrected chi connectivity index (χ3v) is 4.30. The normalized spacial score (nSPS) is 16.0. The van der Waals surface area contributed by atoms with E-state index in [-0.39, 0.29) is 0 Å². The number of thioether (sulfide) groups is 1. The quantitative estimate of drug-likeness (QED) is 0.838. The third kappa shape index (κ3) is 2.97. The van der Waals surface area contributed by atoms with E-state index in [1.807, 2.05) is 37.3 Å². The van der Waals surface area contributed by atoms with Crippen molar-refractivity contribution in [2.45, 2.75) is 18.4 Å². The maximum Gasteiger partial charge on any atom is 0.105 e. The van der Waals surface area contributed by atoms with Crippen LogP contribution in [-0.4, -0.2) is 16.4 Å².